The second kappa shape index (κ2) is 6.53. The first-order valence-electron chi connectivity index (χ1n) is 9.22. The van der Waals surface area contributed by atoms with Crippen molar-refractivity contribution in [2.75, 3.05) is 11.4 Å². The van der Waals surface area contributed by atoms with Crippen LogP contribution in [0.15, 0.2) is 46.1 Å². The van der Waals surface area contributed by atoms with E-state index in [1.165, 1.54) is 33.5 Å². The number of hydrogen-bond acceptors (Lipinski definition) is 6. The zero-order valence-corrected chi connectivity index (χ0v) is 16.5. The molecule has 6 nitrogen and oxygen atoms in total. The average molecular weight is 389 g/mol. The van der Waals surface area contributed by atoms with E-state index < -0.39 is 0 Å². The molecule has 0 atom stereocenters. The SMILES string of the molecule is Cc1cscc1-c1cnc2c(c1)CN(c1nn3c(=O)ccnc3cc1C)CC2. The van der Waals surface area contributed by atoms with E-state index in [9.17, 15) is 4.79 Å². The van der Waals surface area contributed by atoms with Crippen LogP contribution in [0.4, 0.5) is 5.82 Å². The van der Waals surface area contributed by atoms with Gasteiger partial charge in [0, 0.05) is 49.2 Å². The Kier molecular flexibility index (Phi) is 3.98. The fourth-order valence-corrected chi connectivity index (χ4v) is 4.63. The van der Waals surface area contributed by atoms with Gasteiger partial charge in [-0.3, -0.25) is 9.78 Å². The molecule has 1 aliphatic heterocycles. The lowest BCUT2D eigenvalue weighted by atomic mass is 10.00. The monoisotopic (exact) mass is 389 g/mol. The second-order valence-corrected chi connectivity index (χ2v) is 7.92. The summed E-state index contributed by atoms with van der Waals surface area (Å²) in [5, 5.41) is 8.94. The van der Waals surface area contributed by atoms with Crippen molar-refractivity contribution in [1.29, 1.82) is 0 Å². The van der Waals surface area contributed by atoms with Gasteiger partial charge in [-0.15, -0.1) is 5.10 Å². The highest BCUT2D eigenvalue weighted by atomic mass is 32.1. The summed E-state index contributed by atoms with van der Waals surface area (Å²) in [6.07, 6.45) is 4.36. The number of aryl methyl sites for hydroxylation is 2. The highest BCUT2D eigenvalue weighted by Gasteiger charge is 2.21. The maximum Gasteiger partial charge on any atom is 0.274 e. The largest absolute Gasteiger partial charge is 0.350 e. The Hall–Kier alpha value is -3.06. The van der Waals surface area contributed by atoms with Gasteiger partial charge in [0.15, 0.2) is 11.5 Å². The summed E-state index contributed by atoms with van der Waals surface area (Å²) in [6, 6.07) is 5.60. The van der Waals surface area contributed by atoms with Gasteiger partial charge in [-0.1, -0.05) is 0 Å². The summed E-state index contributed by atoms with van der Waals surface area (Å²) < 4.78 is 1.38. The minimum atomic E-state index is -0.166. The Bertz CT molecular complexity index is 1260. The van der Waals surface area contributed by atoms with Gasteiger partial charge >= 0.3 is 0 Å². The first kappa shape index (κ1) is 17.1. The zero-order chi connectivity index (χ0) is 19.3. The number of anilines is 1. The van der Waals surface area contributed by atoms with Crippen LogP contribution in [-0.4, -0.2) is 26.1 Å². The number of thiophene rings is 1. The van der Waals surface area contributed by atoms with Gasteiger partial charge in [0.25, 0.3) is 5.56 Å². The summed E-state index contributed by atoms with van der Waals surface area (Å²) in [7, 11) is 0. The third-order valence-electron chi connectivity index (χ3n) is 5.25. The Morgan fingerprint density at radius 1 is 1.11 bits per heavy atom. The van der Waals surface area contributed by atoms with E-state index in [1.807, 2.05) is 19.2 Å². The Morgan fingerprint density at radius 3 is 2.82 bits per heavy atom. The van der Waals surface area contributed by atoms with Crippen LogP contribution in [-0.2, 0) is 13.0 Å². The number of aromatic nitrogens is 4. The van der Waals surface area contributed by atoms with E-state index in [2.05, 4.69) is 38.7 Å². The van der Waals surface area contributed by atoms with Crippen molar-refractivity contribution < 1.29 is 0 Å². The molecule has 0 radical (unpaired) electrons. The number of rotatable bonds is 2. The van der Waals surface area contributed by atoms with Crippen LogP contribution in [0.2, 0.25) is 0 Å². The highest BCUT2D eigenvalue weighted by molar-refractivity contribution is 7.08. The van der Waals surface area contributed by atoms with Crippen molar-refractivity contribution in [2.45, 2.75) is 26.8 Å². The molecular weight excluding hydrogens is 370 g/mol. The van der Waals surface area contributed by atoms with E-state index in [0.717, 1.165) is 42.1 Å². The van der Waals surface area contributed by atoms with E-state index in [-0.39, 0.29) is 5.56 Å². The molecule has 7 heteroatoms. The van der Waals surface area contributed by atoms with Crippen LogP contribution in [0.5, 0.6) is 0 Å². The third kappa shape index (κ3) is 2.79. The second-order valence-electron chi connectivity index (χ2n) is 7.17. The van der Waals surface area contributed by atoms with Crippen LogP contribution in [0, 0.1) is 13.8 Å². The van der Waals surface area contributed by atoms with Crippen molar-refractivity contribution in [1.82, 2.24) is 19.6 Å². The van der Waals surface area contributed by atoms with Gasteiger partial charge in [-0.25, -0.2) is 4.98 Å². The molecule has 4 aromatic rings. The Morgan fingerprint density at radius 2 is 2.00 bits per heavy atom. The number of hydrogen-bond donors (Lipinski definition) is 0. The lowest BCUT2D eigenvalue weighted by Crippen LogP contribution is -2.33. The van der Waals surface area contributed by atoms with Gasteiger partial charge in [0.1, 0.15) is 0 Å². The van der Waals surface area contributed by atoms with E-state index >= 15 is 0 Å². The van der Waals surface area contributed by atoms with Crippen LogP contribution in [0.1, 0.15) is 22.4 Å². The summed E-state index contributed by atoms with van der Waals surface area (Å²) >= 11 is 1.71. The Labute approximate surface area is 166 Å². The van der Waals surface area contributed by atoms with Crippen LogP contribution in [0.25, 0.3) is 16.8 Å². The Balaban J connectivity index is 1.54. The molecule has 0 saturated heterocycles. The molecule has 140 valence electrons. The van der Waals surface area contributed by atoms with Gasteiger partial charge in [0.2, 0.25) is 0 Å². The summed E-state index contributed by atoms with van der Waals surface area (Å²) in [5.41, 5.74) is 7.46. The first-order chi connectivity index (χ1) is 13.6. The lowest BCUT2D eigenvalue weighted by molar-refractivity contribution is 0.685. The average Bonchev–Trinajstić information content (AvgIpc) is 3.13. The molecule has 0 unspecified atom stereocenters. The molecule has 5 heterocycles. The molecule has 0 aliphatic carbocycles. The molecular formula is C21H19N5OS. The molecule has 4 aromatic heterocycles. The molecule has 0 N–H and O–H groups in total. The minimum absolute atomic E-state index is 0.166. The van der Waals surface area contributed by atoms with Crippen molar-refractivity contribution in [3.63, 3.8) is 0 Å². The van der Waals surface area contributed by atoms with Crippen molar-refractivity contribution >= 4 is 22.8 Å². The number of fused-ring (bicyclic) bond motifs is 2. The molecule has 1 aliphatic rings. The van der Waals surface area contributed by atoms with Crippen molar-refractivity contribution in [3.05, 3.63) is 74.1 Å². The first-order valence-corrected chi connectivity index (χ1v) is 10.2. The molecule has 0 amide bonds. The fraction of sp³-hybridized carbons (Fsp3) is 0.238. The van der Waals surface area contributed by atoms with Crippen LogP contribution >= 0.6 is 11.3 Å². The fourth-order valence-electron chi connectivity index (χ4n) is 3.77. The van der Waals surface area contributed by atoms with Gasteiger partial charge in [-0.05, 0) is 59.0 Å². The van der Waals surface area contributed by atoms with Crippen LogP contribution in [0.3, 0.4) is 0 Å². The van der Waals surface area contributed by atoms with Crippen molar-refractivity contribution in [2.24, 2.45) is 0 Å². The predicted molar refractivity (Wildman–Crippen MR) is 111 cm³/mol. The van der Waals surface area contributed by atoms with Gasteiger partial charge < -0.3 is 4.90 Å². The van der Waals surface area contributed by atoms with Crippen molar-refractivity contribution in [3.8, 4) is 11.1 Å². The quantitative estimate of drug-likeness (QED) is 0.526. The summed E-state index contributed by atoms with van der Waals surface area (Å²) in [5.74, 6) is 0.824. The standard InChI is InChI=1S/C21H19N5OS/c1-13-7-19-22-5-3-20(27)26(19)24-21(13)25-6-4-18-16(10-25)8-15(9-23-18)17-12-28-11-14(17)2/h3,5,7-9,11-12H,4,6,10H2,1-2H3. The van der Waals surface area contributed by atoms with E-state index in [4.69, 9.17) is 4.98 Å². The minimum Gasteiger partial charge on any atom is -0.350 e. The smallest absolute Gasteiger partial charge is 0.274 e. The van der Waals surface area contributed by atoms with Gasteiger partial charge in [-0.2, -0.15) is 15.9 Å². The topological polar surface area (TPSA) is 63.4 Å². The molecule has 0 saturated carbocycles. The van der Waals surface area contributed by atoms with Crippen LogP contribution < -0.4 is 10.5 Å². The third-order valence-corrected chi connectivity index (χ3v) is 6.11. The molecule has 0 spiro atoms. The van der Waals surface area contributed by atoms with Gasteiger partial charge in [0.05, 0.1) is 0 Å². The molecule has 5 rings (SSSR count). The normalized spacial score (nSPS) is 13.7. The summed E-state index contributed by atoms with van der Waals surface area (Å²) in [6.45, 7) is 5.70. The highest BCUT2D eigenvalue weighted by Crippen LogP contribution is 2.30. The molecule has 0 bridgehead atoms. The lowest BCUT2D eigenvalue weighted by Gasteiger charge is -2.30. The maximum atomic E-state index is 12.2. The summed E-state index contributed by atoms with van der Waals surface area (Å²) in [4.78, 5) is 23.4. The maximum absolute atomic E-state index is 12.2. The predicted octanol–water partition coefficient (Wildman–Crippen LogP) is 3.39. The molecule has 0 fully saturated rings. The molecule has 0 aromatic carbocycles. The number of pyridine rings is 1. The van der Waals surface area contributed by atoms with E-state index in [1.54, 1.807) is 11.3 Å². The number of nitrogens with zero attached hydrogens (tertiary/aromatic N) is 5. The van der Waals surface area contributed by atoms with E-state index in [0.29, 0.717) is 5.65 Å². The molecule has 28 heavy (non-hydrogen) atoms. The zero-order valence-electron chi connectivity index (χ0n) is 15.7.